The van der Waals surface area contributed by atoms with Crippen LogP contribution in [-0.4, -0.2) is 15.7 Å². The second-order valence-corrected chi connectivity index (χ2v) is 3.87. The molecule has 1 heterocycles. The molecule has 2 nitrogen and oxygen atoms in total. The van der Waals surface area contributed by atoms with E-state index in [0.717, 1.165) is 11.3 Å². The quantitative estimate of drug-likeness (QED) is 0.742. The van der Waals surface area contributed by atoms with E-state index in [2.05, 4.69) is 24.2 Å². The van der Waals surface area contributed by atoms with E-state index in [0.29, 0.717) is 5.88 Å². The molecule has 0 bridgehead atoms. The number of alkyl halides is 1. The van der Waals surface area contributed by atoms with E-state index >= 15 is 0 Å². The summed E-state index contributed by atoms with van der Waals surface area (Å²) in [5.41, 5.74) is 3.37. The summed E-state index contributed by atoms with van der Waals surface area (Å²) in [6.45, 7) is 2.07. The zero-order valence-corrected chi connectivity index (χ0v) is 9.85. The van der Waals surface area contributed by atoms with Gasteiger partial charge in [-0.2, -0.15) is 5.10 Å². The van der Waals surface area contributed by atoms with Crippen molar-refractivity contribution in [3.05, 3.63) is 53.9 Å². The number of halogens is 1. The number of allylic oxidation sites excluding steroid dienone is 1. The maximum atomic E-state index is 5.59. The van der Waals surface area contributed by atoms with E-state index in [1.54, 1.807) is 0 Å². The highest BCUT2D eigenvalue weighted by Gasteiger charge is 2.00. The maximum absolute atomic E-state index is 5.59. The fourth-order valence-electron chi connectivity index (χ4n) is 1.56. The summed E-state index contributed by atoms with van der Waals surface area (Å²) >= 11 is 5.59. The van der Waals surface area contributed by atoms with Crippen LogP contribution in [0.25, 0.3) is 11.8 Å². The minimum Gasteiger partial charge on any atom is -0.240 e. The predicted molar refractivity (Wildman–Crippen MR) is 68.1 cm³/mol. The third-order valence-corrected chi connectivity index (χ3v) is 2.54. The highest BCUT2D eigenvalue weighted by molar-refractivity contribution is 6.19. The van der Waals surface area contributed by atoms with Gasteiger partial charge in [0.2, 0.25) is 0 Å². The van der Waals surface area contributed by atoms with Gasteiger partial charge >= 0.3 is 0 Å². The summed E-state index contributed by atoms with van der Waals surface area (Å²) in [4.78, 5) is 0. The van der Waals surface area contributed by atoms with Gasteiger partial charge in [0.15, 0.2) is 0 Å². The zero-order valence-electron chi connectivity index (χ0n) is 9.10. The number of benzene rings is 1. The normalized spacial score (nSPS) is 11.1. The van der Waals surface area contributed by atoms with Gasteiger partial charge in [0.1, 0.15) is 0 Å². The smallest absolute Gasteiger partial charge is 0.0674 e. The average molecular weight is 233 g/mol. The molecule has 0 amide bonds. The molecule has 0 saturated carbocycles. The van der Waals surface area contributed by atoms with Gasteiger partial charge in [-0.1, -0.05) is 30.4 Å². The van der Waals surface area contributed by atoms with Gasteiger partial charge in [-0.25, -0.2) is 4.68 Å². The molecule has 1 aromatic carbocycles. The van der Waals surface area contributed by atoms with E-state index in [4.69, 9.17) is 11.6 Å². The van der Waals surface area contributed by atoms with Gasteiger partial charge in [-0.05, 0) is 18.6 Å². The number of rotatable bonds is 3. The lowest BCUT2D eigenvalue weighted by molar-refractivity contribution is 0.873. The summed E-state index contributed by atoms with van der Waals surface area (Å²) in [7, 11) is 0. The van der Waals surface area contributed by atoms with Crippen LogP contribution in [-0.2, 0) is 0 Å². The Morgan fingerprint density at radius 1 is 1.38 bits per heavy atom. The SMILES string of the molecule is Cc1ccccc1-n1cc(C=CCCl)cn1. The van der Waals surface area contributed by atoms with Crippen molar-refractivity contribution in [1.82, 2.24) is 9.78 Å². The first-order chi connectivity index (χ1) is 7.81. The first kappa shape index (κ1) is 11.0. The van der Waals surface area contributed by atoms with Crippen molar-refractivity contribution in [1.29, 1.82) is 0 Å². The van der Waals surface area contributed by atoms with Gasteiger partial charge < -0.3 is 0 Å². The minimum atomic E-state index is 0.523. The van der Waals surface area contributed by atoms with Crippen LogP contribution in [0.2, 0.25) is 0 Å². The third kappa shape index (κ3) is 2.34. The molecule has 0 unspecified atom stereocenters. The summed E-state index contributed by atoms with van der Waals surface area (Å²) in [5.74, 6) is 0.523. The van der Waals surface area contributed by atoms with Crippen molar-refractivity contribution >= 4 is 17.7 Å². The molecule has 0 N–H and O–H groups in total. The van der Waals surface area contributed by atoms with Gasteiger partial charge in [0.25, 0.3) is 0 Å². The first-order valence-corrected chi connectivity index (χ1v) is 5.68. The van der Waals surface area contributed by atoms with Crippen LogP contribution in [0.5, 0.6) is 0 Å². The molecule has 0 aliphatic carbocycles. The van der Waals surface area contributed by atoms with Gasteiger partial charge in [-0.3, -0.25) is 0 Å². The average Bonchev–Trinajstić information content (AvgIpc) is 2.75. The molecular formula is C13H13ClN2. The fraction of sp³-hybridized carbons (Fsp3) is 0.154. The maximum Gasteiger partial charge on any atom is 0.0674 e. The second kappa shape index (κ2) is 4.99. The largest absolute Gasteiger partial charge is 0.240 e. The number of aromatic nitrogens is 2. The second-order valence-electron chi connectivity index (χ2n) is 3.56. The molecule has 0 aliphatic rings. The van der Waals surface area contributed by atoms with Crippen LogP contribution in [0.4, 0.5) is 0 Å². The standard InChI is InChI=1S/C13H13ClN2/c1-11-5-2-3-7-13(11)16-10-12(9-15-16)6-4-8-14/h2-7,9-10H,8H2,1H3. The Bertz CT molecular complexity index is 500. The molecule has 0 spiro atoms. The molecule has 2 rings (SSSR count). The van der Waals surface area contributed by atoms with Crippen LogP contribution < -0.4 is 0 Å². The van der Waals surface area contributed by atoms with E-state index < -0.39 is 0 Å². The lowest BCUT2D eigenvalue weighted by atomic mass is 10.2. The molecule has 16 heavy (non-hydrogen) atoms. The van der Waals surface area contributed by atoms with Crippen molar-refractivity contribution in [2.45, 2.75) is 6.92 Å². The molecule has 3 heteroatoms. The van der Waals surface area contributed by atoms with Gasteiger partial charge in [0, 0.05) is 17.6 Å². The van der Waals surface area contributed by atoms with Crippen LogP contribution in [0, 0.1) is 6.92 Å². The van der Waals surface area contributed by atoms with Crippen molar-refractivity contribution in [3.8, 4) is 5.69 Å². The Balaban J connectivity index is 2.32. The highest BCUT2D eigenvalue weighted by Crippen LogP contribution is 2.13. The third-order valence-electron chi connectivity index (χ3n) is 2.36. The van der Waals surface area contributed by atoms with Crippen LogP contribution >= 0.6 is 11.6 Å². The summed E-state index contributed by atoms with van der Waals surface area (Å²) in [6, 6.07) is 8.16. The predicted octanol–water partition coefficient (Wildman–Crippen LogP) is 3.43. The lowest BCUT2D eigenvalue weighted by Crippen LogP contribution is -1.96. The van der Waals surface area contributed by atoms with Crippen LogP contribution in [0.1, 0.15) is 11.1 Å². The van der Waals surface area contributed by atoms with Crippen molar-refractivity contribution in [3.63, 3.8) is 0 Å². The summed E-state index contributed by atoms with van der Waals surface area (Å²) in [6.07, 6.45) is 7.69. The Hall–Kier alpha value is -1.54. The molecule has 0 radical (unpaired) electrons. The molecule has 1 aromatic heterocycles. The van der Waals surface area contributed by atoms with E-state index in [1.165, 1.54) is 5.56 Å². The van der Waals surface area contributed by atoms with Crippen molar-refractivity contribution < 1.29 is 0 Å². The van der Waals surface area contributed by atoms with Crippen LogP contribution in [0.15, 0.2) is 42.7 Å². The van der Waals surface area contributed by atoms with Crippen molar-refractivity contribution in [2.75, 3.05) is 5.88 Å². The van der Waals surface area contributed by atoms with Gasteiger partial charge in [-0.15, -0.1) is 11.6 Å². The molecule has 2 aromatic rings. The minimum absolute atomic E-state index is 0.523. The number of hydrogen-bond donors (Lipinski definition) is 0. The molecule has 0 atom stereocenters. The monoisotopic (exact) mass is 232 g/mol. The Labute approximate surface area is 100 Å². The molecule has 0 fully saturated rings. The number of hydrogen-bond acceptors (Lipinski definition) is 1. The number of para-hydroxylation sites is 1. The Morgan fingerprint density at radius 2 is 2.19 bits per heavy atom. The van der Waals surface area contributed by atoms with Crippen molar-refractivity contribution in [2.24, 2.45) is 0 Å². The molecule has 0 saturated heterocycles. The van der Waals surface area contributed by atoms with Crippen LogP contribution in [0.3, 0.4) is 0 Å². The molecule has 0 aliphatic heterocycles. The molecular weight excluding hydrogens is 220 g/mol. The summed E-state index contributed by atoms with van der Waals surface area (Å²) < 4.78 is 1.88. The molecule has 82 valence electrons. The van der Waals surface area contributed by atoms with E-state index in [1.807, 2.05) is 41.4 Å². The zero-order chi connectivity index (χ0) is 11.4. The number of nitrogens with zero attached hydrogens (tertiary/aromatic N) is 2. The van der Waals surface area contributed by atoms with E-state index in [-0.39, 0.29) is 0 Å². The number of aryl methyl sites for hydroxylation is 1. The first-order valence-electron chi connectivity index (χ1n) is 5.14. The topological polar surface area (TPSA) is 17.8 Å². The lowest BCUT2D eigenvalue weighted by Gasteiger charge is -2.03. The Morgan fingerprint density at radius 3 is 2.94 bits per heavy atom. The highest BCUT2D eigenvalue weighted by atomic mass is 35.5. The van der Waals surface area contributed by atoms with E-state index in [9.17, 15) is 0 Å². The summed E-state index contributed by atoms with van der Waals surface area (Å²) in [5, 5.41) is 4.32. The fourth-order valence-corrected chi connectivity index (χ4v) is 1.64. The van der Waals surface area contributed by atoms with Gasteiger partial charge in [0.05, 0.1) is 11.9 Å². The Kier molecular flexibility index (Phi) is 3.42.